The van der Waals surface area contributed by atoms with Gasteiger partial charge in [-0.15, -0.1) is 0 Å². The molecule has 4 rings (SSSR count). The number of carbonyl (C=O) groups is 2. The van der Waals surface area contributed by atoms with E-state index in [4.69, 9.17) is 29.7 Å². The van der Waals surface area contributed by atoms with Crippen LogP contribution in [0.5, 0.6) is 11.5 Å². The highest BCUT2D eigenvalue weighted by molar-refractivity contribution is 9.10. The van der Waals surface area contributed by atoms with Gasteiger partial charge in [0, 0.05) is 4.47 Å². The molecule has 0 radical (unpaired) electrons. The molecule has 4 N–H and O–H groups in total. The molecule has 0 aliphatic rings. The lowest BCUT2D eigenvalue weighted by Gasteiger charge is -2.06. The summed E-state index contributed by atoms with van der Waals surface area (Å²) in [5.74, 6) is -0.336. The lowest BCUT2D eigenvalue weighted by Crippen LogP contribution is -2.29. The Morgan fingerprint density at radius 2 is 1.15 bits per heavy atom. The van der Waals surface area contributed by atoms with E-state index in [1.54, 1.807) is 72.8 Å². The monoisotopic (exact) mass is 608 g/mol. The summed E-state index contributed by atoms with van der Waals surface area (Å²) >= 11 is 3.20. The van der Waals surface area contributed by atoms with Gasteiger partial charge in [0.1, 0.15) is 11.5 Å². The molecule has 8 nitrogen and oxygen atoms in total. The summed E-state index contributed by atoms with van der Waals surface area (Å²) < 4.78 is 11.5. The third kappa shape index (κ3) is 10.9. The number of hydrogen-bond acceptors (Lipinski definition) is 6. The molecule has 208 valence electrons. The number of aromatic carboxylic acids is 2. The van der Waals surface area contributed by atoms with E-state index in [0.29, 0.717) is 35.6 Å². The highest BCUT2D eigenvalue weighted by Crippen LogP contribution is 2.24. The minimum atomic E-state index is -1.43. The van der Waals surface area contributed by atoms with E-state index in [9.17, 15) is 9.59 Å². The first-order valence-electron chi connectivity index (χ1n) is 12.3. The summed E-state index contributed by atoms with van der Waals surface area (Å²) in [5, 5.41) is 34.9. The Hall–Kier alpha value is -4.12. The molecule has 0 fully saturated rings. The quantitative estimate of drug-likeness (QED) is 0.196. The zero-order valence-electron chi connectivity index (χ0n) is 22.0. The van der Waals surface area contributed by atoms with E-state index in [0.717, 1.165) is 21.3 Å². The Morgan fingerprint density at radius 3 is 1.62 bits per heavy atom. The summed E-state index contributed by atoms with van der Waals surface area (Å²) in [6.07, 6.45) is 0. The third-order valence-corrected chi connectivity index (χ3v) is 5.70. The molecule has 4 aromatic rings. The van der Waals surface area contributed by atoms with Crippen LogP contribution in [-0.4, -0.2) is 52.5 Å². The summed E-state index contributed by atoms with van der Waals surface area (Å²) in [6, 6.07) is 27.8. The molecule has 10 heteroatoms. The first-order chi connectivity index (χ1) is 19.1. The van der Waals surface area contributed by atoms with Gasteiger partial charge in [0.2, 0.25) is 0 Å². The van der Waals surface area contributed by atoms with Crippen LogP contribution in [0.1, 0.15) is 34.6 Å². The van der Waals surface area contributed by atoms with Gasteiger partial charge in [0.15, 0.2) is 0 Å². The first-order valence-corrected chi connectivity index (χ1v) is 13.1. The molecule has 0 amide bonds. The Kier molecular flexibility index (Phi) is 13.5. The van der Waals surface area contributed by atoms with Crippen molar-refractivity contribution < 1.29 is 39.3 Å². The zero-order chi connectivity index (χ0) is 29.5. The molecule has 0 saturated carbocycles. The van der Waals surface area contributed by atoms with Gasteiger partial charge in [0.05, 0.1) is 24.3 Å². The highest BCUT2D eigenvalue weighted by Gasteiger charge is 2.10. The van der Waals surface area contributed by atoms with Crippen LogP contribution in [0.25, 0.3) is 11.1 Å². The average Bonchev–Trinajstić information content (AvgIpc) is 2.95. The van der Waals surface area contributed by atoms with Gasteiger partial charge in [-0.05, 0) is 91.1 Å². The van der Waals surface area contributed by atoms with Crippen molar-refractivity contribution in [2.24, 2.45) is 0 Å². The van der Waals surface area contributed by atoms with Gasteiger partial charge in [-0.3, -0.25) is 0 Å². The van der Waals surface area contributed by atoms with E-state index >= 15 is 0 Å². The van der Waals surface area contributed by atoms with E-state index in [-0.39, 0.29) is 0 Å². The fourth-order valence-electron chi connectivity index (χ4n) is 3.26. The Bertz CT molecular complexity index is 1360. The summed E-state index contributed by atoms with van der Waals surface area (Å²) in [5.41, 5.74) is 3.03. The molecule has 0 heterocycles. The second kappa shape index (κ2) is 16.8. The van der Waals surface area contributed by atoms with Gasteiger partial charge in [-0.1, -0.05) is 52.3 Å². The SMILES string of the molecule is CCOc1cccc(-c2ccc(C(=O)O)cc2)c1.CCOc1cccc(B(O)O)c1.O=C(O)c1ccc(Br)cc1. The van der Waals surface area contributed by atoms with Gasteiger partial charge in [0.25, 0.3) is 0 Å². The third-order valence-electron chi connectivity index (χ3n) is 5.17. The molecule has 0 aromatic heterocycles. The van der Waals surface area contributed by atoms with Crippen molar-refractivity contribution in [3.05, 3.63) is 113 Å². The van der Waals surface area contributed by atoms with Crippen LogP contribution in [0, 0.1) is 0 Å². The van der Waals surface area contributed by atoms with Crippen LogP contribution in [0.15, 0.2) is 102 Å². The van der Waals surface area contributed by atoms with Gasteiger partial charge in [-0.25, -0.2) is 9.59 Å². The predicted octanol–water partition coefficient (Wildman–Crippen LogP) is 5.36. The molecule has 0 bridgehead atoms. The summed E-state index contributed by atoms with van der Waals surface area (Å²) in [7, 11) is -1.43. The van der Waals surface area contributed by atoms with Crippen molar-refractivity contribution in [2.45, 2.75) is 13.8 Å². The van der Waals surface area contributed by atoms with Crippen LogP contribution >= 0.6 is 15.9 Å². The van der Waals surface area contributed by atoms with Crippen molar-refractivity contribution in [3.8, 4) is 22.6 Å². The molecule has 0 aliphatic carbocycles. The average molecular weight is 609 g/mol. The van der Waals surface area contributed by atoms with E-state index in [2.05, 4.69) is 15.9 Å². The Balaban J connectivity index is 0.000000222. The number of carboxylic acids is 2. The van der Waals surface area contributed by atoms with Crippen molar-refractivity contribution in [3.63, 3.8) is 0 Å². The fourth-order valence-corrected chi connectivity index (χ4v) is 3.53. The maximum Gasteiger partial charge on any atom is 0.488 e. The predicted molar refractivity (Wildman–Crippen MR) is 159 cm³/mol. The molecule has 0 spiro atoms. The zero-order valence-corrected chi connectivity index (χ0v) is 23.6. The summed E-state index contributed by atoms with van der Waals surface area (Å²) in [6.45, 7) is 5.02. The molecule has 0 unspecified atom stereocenters. The normalized spacial score (nSPS) is 9.72. The minimum absolute atomic E-state index is 0.291. The van der Waals surface area contributed by atoms with Crippen molar-refractivity contribution in [2.75, 3.05) is 13.2 Å². The second-order valence-electron chi connectivity index (χ2n) is 8.03. The number of benzene rings is 4. The van der Waals surface area contributed by atoms with E-state index in [1.807, 2.05) is 38.1 Å². The number of halogens is 1. The van der Waals surface area contributed by atoms with Crippen LogP contribution in [0.3, 0.4) is 0 Å². The smallest absolute Gasteiger partial charge is 0.488 e. The largest absolute Gasteiger partial charge is 0.494 e. The maximum absolute atomic E-state index is 10.8. The maximum atomic E-state index is 10.8. The molecule has 0 saturated heterocycles. The van der Waals surface area contributed by atoms with E-state index in [1.165, 1.54) is 0 Å². The van der Waals surface area contributed by atoms with Crippen LogP contribution < -0.4 is 14.9 Å². The number of rotatable bonds is 8. The lowest BCUT2D eigenvalue weighted by atomic mass is 9.80. The minimum Gasteiger partial charge on any atom is -0.494 e. The number of hydrogen-bond donors (Lipinski definition) is 4. The van der Waals surface area contributed by atoms with Crippen molar-refractivity contribution in [1.29, 1.82) is 0 Å². The number of carboxylic acid groups (broad SMARTS) is 2. The van der Waals surface area contributed by atoms with Crippen LogP contribution in [0.4, 0.5) is 0 Å². The van der Waals surface area contributed by atoms with Crippen LogP contribution in [-0.2, 0) is 0 Å². The van der Waals surface area contributed by atoms with Gasteiger partial charge >= 0.3 is 19.1 Å². The van der Waals surface area contributed by atoms with Crippen molar-refractivity contribution >= 4 is 40.4 Å². The second-order valence-corrected chi connectivity index (χ2v) is 8.95. The molecule has 4 aromatic carbocycles. The molecule has 0 atom stereocenters. The number of ether oxygens (including phenoxy) is 2. The molecular weight excluding hydrogens is 579 g/mol. The highest BCUT2D eigenvalue weighted by atomic mass is 79.9. The first kappa shape index (κ1) is 32.1. The molecular formula is C30H30BBrO8. The Morgan fingerprint density at radius 1 is 0.675 bits per heavy atom. The van der Waals surface area contributed by atoms with Gasteiger partial charge in [-0.2, -0.15) is 0 Å². The lowest BCUT2D eigenvalue weighted by molar-refractivity contribution is 0.0686. The molecule has 40 heavy (non-hydrogen) atoms. The topological polar surface area (TPSA) is 134 Å². The van der Waals surface area contributed by atoms with Crippen LogP contribution in [0.2, 0.25) is 0 Å². The van der Waals surface area contributed by atoms with Crippen molar-refractivity contribution in [1.82, 2.24) is 0 Å². The molecule has 0 aliphatic heterocycles. The Labute approximate surface area is 241 Å². The fraction of sp³-hybridized carbons (Fsp3) is 0.133. The summed E-state index contributed by atoms with van der Waals surface area (Å²) in [4.78, 5) is 21.1. The van der Waals surface area contributed by atoms with Gasteiger partial charge < -0.3 is 29.7 Å². The van der Waals surface area contributed by atoms with E-state index < -0.39 is 19.1 Å². The standard InChI is InChI=1S/C15H14O3.C8H11BO3.C7H5BrO2/c1-2-18-14-5-3-4-13(10-14)11-6-8-12(9-7-11)15(16)17;1-2-12-8-5-3-4-7(6-8)9(10)11;8-6-3-1-5(2-4-6)7(9)10/h3-10H,2H2,1H3,(H,16,17);3-6,10-11H,2H2,1H3;1-4H,(H,9,10).